The average Bonchev–Trinajstić information content (AvgIpc) is 2.46. The highest BCUT2D eigenvalue weighted by atomic mass is 79.9. The molecule has 2 rings (SSSR count). The van der Waals surface area contributed by atoms with E-state index in [0.29, 0.717) is 11.1 Å². The lowest BCUT2D eigenvalue weighted by Gasteiger charge is -2.09. The molecule has 0 amide bonds. The molecular formula is C15H13BrO4. The SMILES string of the molecule is COc1ccc(OCc2ccc(C(=O)O)cc2Br)cc1. The van der Waals surface area contributed by atoms with Crippen LogP contribution in [0.2, 0.25) is 0 Å². The van der Waals surface area contributed by atoms with Gasteiger partial charge in [-0.2, -0.15) is 0 Å². The molecule has 0 aliphatic rings. The molecule has 0 aliphatic carbocycles. The van der Waals surface area contributed by atoms with Gasteiger partial charge in [-0.1, -0.05) is 22.0 Å². The number of carboxylic acid groups (broad SMARTS) is 1. The van der Waals surface area contributed by atoms with E-state index in [-0.39, 0.29) is 5.56 Å². The second-order valence-electron chi connectivity index (χ2n) is 4.08. The van der Waals surface area contributed by atoms with Gasteiger partial charge in [0.15, 0.2) is 0 Å². The molecule has 0 saturated heterocycles. The van der Waals surface area contributed by atoms with E-state index in [1.807, 2.05) is 24.3 Å². The number of carboxylic acids is 1. The quantitative estimate of drug-likeness (QED) is 0.903. The standard InChI is InChI=1S/C15H13BrO4/c1-19-12-4-6-13(7-5-12)20-9-11-3-2-10(15(17)18)8-14(11)16/h2-8H,9H2,1H3,(H,17,18). The monoisotopic (exact) mass is 336 g/mol. The Morgan fingerprint density at radius 3 is 2.35 bits per heavy atom. The van der Waals surface area contributed by atoms with Crippen molar-refractivity contribution in [1.29, 1.82) is 0 Å². The number of hydrogen-bond acceptors (Lipinski definition) is 3. The summed E-state index contributed by atoms with van der Waals surface area (Å²) in [7, 11) is 1.61. The van der Waals surface area contributed by atoms with Crippen molar-refractivity contribution >= 4 is 21.9 Å². The topological polar surface area (TPSA) is 55.8 Å². The number of methoxy groups -OCH3 is 1. The fourth-order valence-corrected chi connectivity index (χ4v) is 2.12. The predicted octanol–water partition coefficient (Wildman–Crippen LogP) is 3.73. The predicted molar refractivity (Wildman–Crippen MR) is 78.4 cm³/mol. The molecule has 0 spiro atoms. The van der Waals surface area contributed by atoms with Crippen molar-refractivity contribution in [2.24, 2.45) is 0 Å². The Kier molecular flexibility index (Phi) is 4.63. The molecule has 1 N–H and O–H groups in total. The van der Waals surface area contributed by atoms with E-state index in [2.05, 4.69) is 15.9 Å². The van der Waals surface area contributed by atoms with Crippen LogP contribution in [-0.4, -0.2) is 18.2 Å². The molecule has 0 radical (unpaired) electrons. The Balaban J connectivity index is 2.04. The minimum atomic E-state index is -0.951. The summed E-state index contributed by atoms with van der Waals surface area (Å²) in [4.78, 5) is 10.8. The summed E-state index contributed by atoms with van der Waals surface area (Å²) < 4.78 is 11.4. The lowest BCUT2D eigenvalue weighted by atomic mass is 10.1. The molecule has 0 fully saturated rings. The third kappa shape index (κ3) is 3.51. The highest BCUT2D eigenvalue weighted by Gasteiger charge is 2.07. The van der Waals surface area contributed by atoms with Gasteiger partial charge in [-0.25, -0.2) is 4.79 Å². The maximum Gasteiger partial charge on any atom is 0.335 e. The van der Waals surface area contributed by atoms with Crippen LogP contribution in [0.3, 0.4) is 0 Å². The van der Waals surface area contributed by atoms with E-state index >= 15 is 0 Å². The van der Waals surface area contributed by atoms with E-state index in [9.17, 15) is 4.79 Å². The fourth-order valence-electron chi connectivity index (χ4n) is 1.63. The molecule has 0 bridgehead atoms. The van der Waals surface area contributed by atoms with E-state index < -0.39 is 5.97 Å². The van der Waals surface area contributed by atoms with Crippen LogP contribution < -0.4 is 9.47 Å². The molecule has 4 nitrogen and oxygen atoms in total. The molecule has 0 aromatic heterocycles. The molecule has 2 aromatic carbocycles. The summed E-state index contributed by atoms with van der Waals surface area (Å²) in [6.07, 6.45) is 0. The van der Waals surface area contributed by atoms with Crippen LogP contribution >= 0.6 is 15.9 Å². The number of carbonyl (C=O) groups is 1. The lowest BCUT2D eigenvalue weighted by molar-refractivity contribution is 0.0696. The van der Waals surface area contributed by atoms with Crippen molar-refractivity contribution in [1.82, 2.24) is 0 Å². The lowest BCUT2D eigenvalue weighted by Crippen LogP contribution is -2.00. The molecule has 0 unspecified atom stereocenters. The Morgan fingerprint density at radius 1 is 1.15 bits per heavy atom. The van der Waals surface area contributed by atoms with Gasteiger partial charge < -0.3 is 14.6 Å². The molecule has 0 saturated carbocycles. The van der Waals surface area contributed by atoms with Crippen LogP contribution in [-0.2, 0) is 6.61 Å². The van der Waals surface area contributed by atoms with Crippen molar-refractivity contribution in [3.8, 4) is 11.5 Å². The number of halogens is 1. The highest BCUT2D eigenvalue weighted by molar-refractivity contribution is 9.10. The maximum absolute atomic E-state index is 10.8. The average molecular weight is 337 g/mol. The minimum absolute atomic E-state index is 0.241. The van der Waals surface area contributed by atoms with Crippen LogP contribution in [0.25, 0.3) is 0 Å². The van der Waals surface area contributed by atoms with Crippen LogP contribution in [0.15, 0.2) is 46.9 Å². The third-order valence-corrected chi connectivity index (χ3v) is 3.49. The number of benzene rings is 2. The summed E-state index contributed by atoms with van der Waals surface area (Å²) in [6, 6.07) is 12.1. The first-order valence-electron chi connectivity index (χ1n) is 5.88. The second-order valence-corrected chi connectivity index (χ2v) is 4.93. The number of ether oxygens (including phenoxy) is 2. The number of hydrogen-bond donors (Lipinski definition) is 1. The Hall–Kier alpha value is -2.01. The summed E-state index contributed by atoms with van der Waals surface area (Å²) >= 11 is 3.35. The smallest absolute Gasteiger partial charge is 0.335 e. The molecule has 2 aromatic rings. The van der Waals surface area contributed by atoms with Crippen LogP contribution in [0.4, 0.5) is 0 Å². The summed E-state index contributed by atoms with van der Waals surface area (Å²) in [6.45, 7) is 0.354. The van der Waals surface area contributed by atoms with Gasteiger partial charge >= 0.3 is 5.97 Å². The van der Waals surface area contributed by atoms with E-state index in [1.54, 1.807) is 25.3 Å². The molecule has 0 heterocycles. The molecule has 0 aliphatic heterocycles. The number of rotatable bonds is 5. The highest BCUT2D eigenvalue weighted by Crippen LogP contribution is 2.22. The van der Waals surface area contributed by atoms with Gasteiger partial charge in [0, 0.05) is 10.0 Å². The van der Waals surface area contributed by atoms with Crippen molar-refractivity contribution in [2.45, 2.75) is 6.61 Å². The summed E-state index contributed by atoms with van der Waals surface area (Å²) in [5.74, 6) is 0.540. The van der Waals surface area contributed by atoms with Gasteiger partial charge in [-0.3, -0.25) is 0 Å². The molecular weight excluding hydrogens is 324 g/mol. The minimum Gasteiger partial charge on any atom is -0.497 e. The summed E-state index contributed by atoms with van der Waals surface area (Å²) in [5, 5.41) is 8.89. The van der Waals surface area contributed by atoms with Gasteiger partial charge in [0.05, 0.1) is 12.7 Å². The molecule has 0 atom stereocenters. The zero-order chi connectivity index (χ0) is 14.5. The Labute approximate surface area is 125 Å². The normalized spacial score (nSPS) is 10.1. The zero-order valence-electron chi connectivity index (χ0n) is 10.8. The van der Waals surface area contributed by atoms with Crippen LogP contribution in [0, 0.1) is 0 Å². The van der Waals surface area contributed by atoms with Gasteiger partial charge in [0.25, 0.3) is 0 Å². The van der Waals surface area contributed by atoms with Crippen molar-refractivity contribution in [3.05, 3.63) is 58.1 Å². The fraction of sp³-hybridized carbons (Fsp3) is 0.133. The van der Waals surface area contributed by atoms with Gasteiger partial charge in [0.2, 0.25) is 0 Å². The van der Waals surface area contributed by atoms with E-state index in [1.165, 1.54) is 0 Å². The molecule has 20 heavy (non-hydrogen) atoms. The first kappa shape index (κ1) is 14.4. The number of aromatic carboxylic acids is 1. The Bertz CT molecular complexity index is 608. The first-order chi connectivity index (χ1) is 9.60. The van der Waals surface area contributed by atoms with Crippen molar-refractivity contribution in [3.63, 3.8) is 0 Å². The first-order valence-corrected chi connectivity index (χ1v) is 6.68. The van der Waals surface area contributed by atoms with Gasteiger partial charge in [-0.15, -0.1) is 0 Å². The summed E-state index contributed by atoms with van der Waals surface area (Å²) in [5.41, 5.74) is 1.12. The third-order valence-electron chi connectivity index (χ3n) is 2.75. The van der Waals surface area contributed by atoms with Crippen molar-refractivity contribution in [2.75, 3.05) is 7.11 Å². The second kappa shape index (κ2) is 6.43. The van der Waals surface area contributed by atoms with Crippen molar-refractivity contribution < 1.29 is 19.4 Å². The van der Waals surface area contributed by atoms with Crippen LogP contribution in [0.1, 0.15) is 15.9 Å². The van der Waals surface area contributed by atoms with Gasteiger partial charge in [0.1, 0.15) is 18.1 Å². The van der Waals surface area contributed by atoms with Gasteiger partial charge in [-0.05, 0) is 36.4 Å². The van der Waals surface area contributed by atoms with E-state index in [0.717, 1.165) is 17.1 Å². The van der Waals surface area contributed by atoms with Crippen LogP contribution in [0.5, 0.6) is 11.5 Å². The largest absolute Gasteiger partial charge is 0.497 e. The zero-order valence-corrected chi connectivity index (χ0v) is 12.4. The molecule has 5 heteroatoms. The van der Waals surface area contributed by atoms with E-state index in [4.69, 9.17) is 14.6 Å². The molecule has 104 valence electrons. The Morgan fingerprint density at radius 2 is 1.80 bits per heavy atom. The maximum atomic E-state index is 10.8.